The van der Waals surface area contributed by atoms with Crippen molar-refractivity contribution in [1.82, 2.24) is 4.98 Å². The van der Waals surface area contributed by atoms with Crippen molar-refractivity contribution in [2.45, 2.75) is 19.4 Å². The number of halogens is 1. The van der Waals surface area contributed by atoms with E-state index >= 15 is 0 Å². The average Bonchev–Trinajstić information content (AvgIpc) is 2.89. The predicted octanol–water partition coefficient (Wildman–Crippen LogP) is 3.71. The molecule has 104 valence electrons. The van der Waals surface area contributed by atoms with E-state index in [9.17, 15) is 0 Å². The number of nitrogens with zero attached hydrogens (tertiary/aromatic N) is 2. The Hall–Kier alpha value is -1.55. The third-order valence-electron chi connectivity index (χ3n) is 3.76. The van der Waals surface area contributed by atoms with Crippen molar-refractivity contribution >= 4 is 27.3 Å². The summed E-state index contributed by atoms with van der Waals surface area (Å²) >= 11 is 3.44. The minimum Gasteiger partial charge on any atom is -0.382 e. The molecule has 1 aromatic heterocycles. The molecule has 1 aromatic carbocycles. The van der Waals surface area contributed by atoms with Gasteiger partial charge in [-0.3, -0.25) is 4.98 Å². The van der Waals surface area contributed by atoms with E-state index < -0.39 is 0 Å². The first kappa shape index (κ1) is 13.4. The zero-order valence-corrected chi connectivity index (χ0v) is 13.1. The third-order valence-corrected chi connectivity index (χ3v) is 4.20. The number of anilines is 2. The fourth-order valence-corrected chi connectivity index (χ4v) is 3.07. The zero-order chi connectivity index (χ0) is 13.9. The molecule has 1 unspecified atom stereocenters. The maximum absolute atomic E-state index is 4.17. The lowest BCUT2D eigenvalue weighted by atomic mass is 10.2. The number of hydrogen-bond acceptors (Lipinski definition) is 3. The third kappa shape index (κ3) is 2.80. The van der Waals surface area contributed by atoms with Crippen LogP contribution in [0.25, 0.3) is 0 Å². The van der Waals surface area contributed by atoms with E-state index in [4.69, 9.17) is 0 Å². The molecule has 2 aromatic rings. The van der Waals surface area contributed by atoms with Gasteiger partial charge in [0.15, 0.2) is 0 Å². The van der Waals surface area contributed by atoms with Gasteiger partial charge in [-0.15, -0.1) is 0 Å². The Labute approximate surface area is 128 Å². The molecule has 0 bridgehead atoms. The first-order valence-corrected chi connectivity index (χ1v) is 7.72. The lowest BCUT2D eigenvalue weighted by molar-refractivity contribution is 0.680. The average molecular weight is 332 g/mol. The Morgan fingerprint density at radius 2 is 2.20 bits per heavy atom. The van der Waals surface area contributed by atoms with Crippen LogP contribution in [0, 0.1) is 0 Å². The van der Waals surface area contributed by atoms with Crippen LogP contribution in [0.3, 0.4) is 0 Å². The largest absolute Gasteiger partial charge is 0.382 e. The fourth-order valence-electron chi connectivity index (χ4n) is 2.71. The first-order valence-electron chi connectivity index (χ1n) is 6.93. The smallest absolute Gasteiger partial charge is 0.0538 e. The van der Waals surface area contributed by atoms with Gasteiger partial charge < -0.3 is 10.2 Å². The van der Waals surface area contributed by atoms with E-state index in [1.165, 1.54) is 11.3 Å². The van der Waals surface area contributed by atoms with Crippen molar-refractivity contribution in [3.63, 3.8) is 0 Å². The molecule has 0 amide bonds. The summed E-state index contributed by atoms with van der Waals surface area (Å²) in [5, 5.41) is 3.46. The lowest BCUT2D eigenvalue weighted by Crippen LogP contribution is -2.36. The van der Waals surface area contributed by atoms with Gasteiger partial charge in [0, 0.05) is 35.5 Å². The molecule has 1 aliphatic heterocycles. The van der Waals surface area contributed by atoms with Crippen LogP contribution in [-0.4, -0.2) is 24.1 Å². The van der Waals surface area contributed by atoms with Gasteiger partial charge in [-0.1, -0.05) is 18.2 Å². The van der Waals surface area contributed by atoms with E-state index in [0.717, 1.165) is 29.7 Å². The molecule has 3 rings (SSSR count). The second-order valence-electron chi connectivity index (χ2n) is 5.19. The van der Waals surface area contributed by atoms with Crippen LogP contribution in [-0.2, 0) is 6.42 Å². The molecule has 1 N–H and O–H groups in total. The van der Waals surface area contributed by atoms with Crippen LogP contribution >= 0.6 is 15.9 Å². The minimum atomic E-state index is 0.456. The summed E-state index contributed by atoms with van der Waals surface area (Å²) in [7, 11) is 0. The van der Waals surface area contributed by atoms with Crippen molar-refractivity contribution in [1.29, 1.82) is 0 Å². The summed E-state index contributed by atoms with van der Waals surface area (Å²) in [4.78, 5) is 6.65. The van der Waals surface area contributed by atoms with Crippen LogP contribution in [0.1, 0.15) is 12.5 Å². The molecule has 0 aliphatic carbocycles. The van der Waals surface area contributed by atoms with Crippen LogP contribution in [0.4, 0.5) is 11.4 Å². The second kappa shape index (κ2) is 5.83. The summed E-state index contributed by atoms with van der Waals surface area (Å²) in [6.07, 6.45) is 4.81. The Bertz CT molecular complexity index is 600. The Morgan fingerprint density at radius 3 is 3.05 bits per heavy atom. The van der Waals surface area contributed by atoms with Gasteiger partial charge in [-0.25, -0.2) is 0 Å². The van der Waals surface area contributed by atoms with Crippen molar-refractivity contribution in [2.24, 2.45) is 0 Å². The van der Waals surface area contributed by atoms with Crippen LogP contribution in [0.2, 0.25) is 0 Å². The van der Waals surface area contributed by atoms with Crippen LogP contribution < -0.4 is 10.2 Å². The van der Waals surface area contributed by atoms with Crippen molar-refractivity contribution in [2.75, 3.05) is 23.3 Å². The van der Waals surface area contributed by atoms with Crippen molar-refractivity contribution in [3.05, 3.63) is 52.8 Å². The zero-order valence-electron chi connectivity index (χ0n) is 11.5. The molecular weight excluding hydrogens is 314 g/mol. The fraction of sp³-hybridized carbons (Fsp3) is 0.312. The number of benzene rings is 1. The van der Waals surface area contributed by atoms with Gasteiger partial charge in [0.05, 0.1) is 11.9 Å². The van der Waals surface area contributed by atoms with E-state index in [2.05, 4.69) is 68.4 Å². The highest BCUT2D eigenvalue weighted by Crippen LogP contribution is 2.29. The maximum Gasteiger partial charge on any atom is 0.0538 e. The first-order chi connectivity index (χ1) is 9.74. The number of pyridine rings is 1. The number of aromatic nitrogens is 1. The van der Waals surface area contributed by atoms with E-state index in [1.807, 2.05) is 6.20 Å². The van der Waals surface area contributed by atoms with Gasteiger partial charge in [-0.2, -0.15) is 0 Å². The number of rotatable bonds is 4. The van der Waals surface area contributed by atoms with Gasteiger partial charge in [-0.05, 0) is 47.0 Å². The van der Waals surface area contributed by atoms with E-state index in [0.29, 0.717) is 6.04 Å². The Balaban J connectivity index is 1.65. The molecule has 4 heteroatoms. The molecule has 1 atom stereocenters. The standard InChI is InChI=1S/C16H18BrN3/c1-12(9-19-15-8-14(17)10-18-11-15)20-7-6-13-4-2-3-5-16(13)20/h2-5,8,10-12,19H,6-7,9H2,1H3. The van der Waals surface area contributed by atoms with E-state index in [1.54, 1.807) is 6.20 Å². The Morgan fingerprint density at radius 1 is 1.35 bits per heavy atom. The molecule has 0 saturated heterocycles. The van der Waals surface area contributed by atoms with Gasteiger partial charge >= 0.3 is 0 Å². The van der Waals surface area contributed by atoms with Crippen molar-refractivity contribution < 1.29 is 0 Å². The predicted molar refractivity (Wildman–Crippen MR) is 87.4 cm³/mol. The van der Waals surface area contributed by atoms with Crippen LogP contribution in [0.5, 0.6) is 0 Å². The lowest BCUT2D eigenvalue weighted by Gasteiger charge is -2.27. The number of hydrogen-bond donors (Lipinski definition) is 1. The molecule has 0 spiro atoms. The van der Waals surface area contributed by atoms with E-state index in [-0.39, 0.29) is 0 Å². The SMILES string of the molecule is CC(CNc1cncc(Br)c1)N1CCc2ccccc21. The summed E-state index contributed by atoms with van der Waals surface area (Å²) in [5.74, 6) is 0. The monoisotopic (exact) mass is 331 g/mol. The highest BCUT2D eigenvalue weighted by atomic mass is 79.9. The molecule has 3 nitrogen and oxygen atoms in total. The Kier molecular flexibility index (Phi) is 3.92. The molecule has 0 fully saturated rings. The summed E-state index contributed by atoms with van der Waals surface area (Å²) in [6.45, 7) is 4.28. The van der Waals surface area contributed by atoms with Gasteiger partial charge in [0.25, 0.3) is 0 Å². The number of para-hydroxylation sites is 1. The molecule has 0 radical (unpaired) electrons. The number of nitrogens with one attached hydrogen (secondary N) is 1. The van der Waals surface area contributed by atoms with Gasteiger partial charge in [0.2, 0.25) is 0 Å². The summed E-state index contributed by atoms with van der Waals surface area (Å²) in [5.41, 5.74) is 3.90. The highest BCUT2D eigenvalue weighted by molar-refractivity contribution is 9.10. The van der Waals surface area contributed by atoms with Gasteiger partial charge in [0.1, 0.15) is 0 Å². The molecular formula is C16H18BrN3. The minimum absolute atomic E-state index is 0.456. The topological polar surface area (TPSA) is 28.2 Å². The second-order valence-corrected chi connectivity index (χ2v) is 6.11. The quantitative estimate of drug-likeness (QED) is 0.925. The van der Waals surface area contributed by atoms with Crippen LogP contribution in [0.15, 0.2) is 47.2 Å². The maximum atomic E-state index is 4.17. The highest BCUT2D eigenvalue weighted by Gasteiger charge is 2.22. The molecule has 1 aliphatic rings. The normalized spacial score (nSPS) is 15.0. The molecule has 2 heterocycles. The molecule has 0 saturated carbocycles. The molecule has 20 heavy (non-hydrogen) atoms. The number of fused-ring (bicyclic) bond motifs is 1. The van der Waals surface area contributed by atoms with Crippen molar-refractivity contribution in [3.8, 4) is 0 Å². The summed E-state index contributed by atoms with van der Waals surface area (Å²) < 4.78 is 1.00. The summed E-state index contributed by atoms with van der Waals surface area (Å²) in [6, 6.07) is 11.2.